The van der Waals surface area contributed by atoms with Crippen molar-refractivity contribution in [2.75, 3.05) is 20.2 Å². The molecule has 10 heteroatoms. The molecule has 1 aromatic heterocycles. The molecule has 1 saturated heterocycles. The molecule has 1 amide bonds. The molecule has 1 fully saturated rings. The molecule has 2 aromatic carbocycles. The third-order valence-corrected chi connectivity index (χ3v) is 8.62. The van der Waals surface area contributed by atoms with Crippen LogP contribution in [-0.2, 0) is 21.9 Å². The molecule has 1 aliphatic rings. The molecule has 164 valence electrons. The van der Waals surface area contributed by atoms with Crippen molar-refractivity contribution in [3.05, 3.63) is 52.3 Å². The number of ether oxygens (including phenoxy) is 1. The summed E-state index contributed by atoms with van der Waals surface area (Å²) >= 11 is 7.28. The van der Waals surface area contributed by atoms with Crippen LogP contribution in [0.4, 0.5) is 0 Å². The van der Waals surface area contributed by atoms with E-state index in [0.717, 1.165) is 10.2 Å². The molecule has 0 spiro atoms. The quantitative estimate of drug-likeness (QED) is 0.574. The third-order valence-electron chi connectivity index (χ3n) is 5.40. The van der Waals surface area contributed by atoms with E-state index in [0.29, 0.717) is 35.0 Å². The first-order chi connectivity index (χ1) is 14.8. The van der Waals surface area contributed by atoms with Crippen LogP contribution in [0.2, 0.25) is 5.02 Å². The van der Waals surface area contributed by atoms with Crippen molar-refractivity contribution in [1.29, 1.82) is 0 Å². The summed E-state index contributed by atoms with van der Waals surface area (Å²) in [5, 5.41) is 0.470. The van der Waals surface area contributed by atoms with Gasteiger partial charge in [-0.15, -0.1) is 0 Å². The third kappa shape index (κ3) is 4.27. The minimum absolute atomic E-state index is 0.116. The zero-order valence-electron chi connectivity index (χ0n) is 17.1. The van der Waals surface area contributed by atoms with E-state index in [9.17, 15) is 13.2 Å². The number of thiazole rings is 1. The zero-order valence-corrected chi connectivity index (χ0v) is 19.5. The summed E-state index contributed by atoms with van der Waals surface area (Å²) in [7, 11) is -0.252. The van der Waals surface area contributed by atoms with Crippen molar-refractivity contribution in [3.8, 4) is 5.75 Å². The molecule has 0 aliphatic carbocycles. The van der Waals surface area contributed by atoms with Gasteiger partial charge in [-0.25, -0.2) is 8.42 Å². The highest BCUT2D eigenvalue weighted by Crippen LogP contribution is 2.27. The van der Waals surface area contributed by atoms with Gasteiger partial charge in [-0.1, -0.05) is 29.0 Å². The Morgan fingerprint density at radius 1 is 1.23 bits per heavy atom. The van der Waals surface area contributed by atoms with E-state index in [-0.39, 0.29) is 17.3 Å². The molecule has 31 heavy (non-hydrogen) atoms. The molecule has 3 aromatic rings. The van der Waals surface area contributed by atoms with Gasteiger partial charge in [0.15, 0.2) is 4.80 Å². The van der Waals surface area contributed by atoms with E-state index in [4.69, 9.17) is 16.3 Å². The summed E-state index contributed by atoms with van der Waals surface area (Å²) in [5.74, 6) is -0.0805. The Morgan fingerprint density at radius 2 is 1.97 bits per heavy atom. The van der Waals surface area contributed by atoms with E-state index < -0.39 is 15.9 Å². The van der Waals surface area contributed by atoms with Gasteiger partial charge in [0.1, 0.15) is 11.3 Å². The second-order valence-electron chi connectivity index (χ2n) is 7.36. The number of aryl methyl sites for hydroxylation is 1. The van der Waals surface area contributed by atoms with Gasteiger partial charge in [0.25, 0.3) is 5.91 Å². The van der Waals surface area contributed by atoms with E-state index >= 15 is 0 Å². The Hall–Kier alpha value is -2.20. The number of para-hydroxylation sites is 1. The van der Waals surface area contributed by atoms with Crippen LogP contribution in [0.3, 0.4) is 0 Å². The molecule has 0 radical (unpaired) electrons. The molecular weight excluding hydrogens is 458 g/mol. The van der Waals surface area contributed by atoms with Gasteiger partial charge in [0, 0.05) is 25.2 Å². The lowest BCUT2D eigenvalue weighted by Crippen LogP contribution is -2.42. The van der Waals surface area contributed by atoms with Crippen LogP contribution < -0.4 is 9.54 Å². The minimum atomic E-state index is -3.69. The molecule has 1 aliphatic heterocycles. The lowest BCUT2D eigenvalue weighted by molar-refractivity contribution is -0.122. The Kier molecular flexibility index (Phi) is 6.20. The molecule has 1 unspecified atom stereocenters. The standard InChI is InChI=1S/C21H22ClN3O4S2/c1-24-19-17(29-2)6-3-7-18(19)30-21(24)23-20(26)14-5-4-12-25(13-14)31(27,28)16-10-8-15(22)9-11-16/h3,6-11,14H,4-5,12-13H2,1-2H3. The number of amides is 1. The van der Waals surface area contributed by atoms with Crippen molar-refractivity contribution in [2.24, 2.45) is 18.0 Å². The van der Waals surface area contributed by atoms with Crippen molar-refractivity contribution in [3.63, 3.8) is 0 Å². The number of nitrogens with zero attached hydrogens (tertiary/aromatic N) is 3. The van der Waals surface area contributed by atoms with Gasteiger partial charge in [0.05, 0.1) is 22.6 Å². The van der Waals surface area contributed by atoms with E-state index in [1.54, 1.807) is 19.2 Å². The summed E-state index contributed by atoms with van der Waals surface area (Å²) < 4.78 is 35.6. The predicted octanol–water partition coefficient (Wildman–Crippen LogP) is 3.43. The molecule has 0 bridgehead atoms. The van der Waals surface area contributed by atoms with Crippen molar-refractivity contribution in [2.45, 2.75) is 17.7 Å². The van der Waals surface area contributed by atoms with Gasteiger partial charge in [-0.3, -0.25) is 4.79 Å². The van der Waals surface area contributed by atoms with E-state index in [1.165, 1.54) is 27.8 Å². The van der Waals surface area contributed by atoms with Crippen LogP contribution in [0.1, 0.15) is 12.8 Å². The number of fused-ring (bicyclic) bond motifs is 1. The van der Waals surface area contributed by atoms with E-state index in [1.807, 2.05) is 29.8 Å². The molecule has 2 heterocycles. The van der Waals surface area contributed by atoms with Crippen molar-refractivity contribution < 1.29 is 17.9 Å². The van der Waals surface area contributed by atoms with Crippen LogP contribution in [0.25, 0.3) is 10.2 Å². The highest BCUT2D eigenvalue weighted by molar-refractivity contribution is 7.89. The van der Waals surface area contributed by atoms with Crippen LogP contribution >= 0.6 is 22.9 Å². The minimum Gasteiger partial charge on any atom is -0.495 e. The maximum atomic E-state index is 13.0. The number of benzene rings is 2. The summed E-state index contributed by atoms with van der Waals surface area (Å²) in [6.07, 6.45) is 1.21. The fraction of sp³-hybridized carbons (Fsp3) is 0.333. The fourth-order valence-corrected chi connectivity index (χ4v) is 6.43. The summed E-state index contributed by atoms with van der Waals surface area (Å²) in [6, 6.07) is 11.8. The number of rotatable bonds is 4. The van der Waals surface area contributed by atoms with Gasteiger partial charge in [-0.2, -0.15) is 9.30 Å². The SMILES string of the molecule is COc1cccc2sc(=NC(=O)C3CCCN(S(=O)(=O)c4ccc(Cl)cc4)C3)n(C)c12. The molecular formula is C21H22ClN3O4S2. The maximum absolute atomic E-state index is 13.0. The molecule has 1 atom stereocenters. The largest absolute Gasteiger partial charge is 0.495 e. The van der Waals surface area contributed by atoms with Gasteiger partial charge >= 0.3 is 0 Å². The van der Waals surface area contributed by atoms with Crippen molar-refractivity contribution in [1.82, 2.24) is 8.87 Å². The normalized spacial score (nSPS) is 18.4. The van der Waals surface area contributed by atoms with Gasteiger partial charge in [-0.05, 0) is 49.2 Å². The fourth-order valence-electron chi connectivity index (χ4n) is 3.74. The molecule has 7 nitrogen and oxygen atoms in total. The first-order valence-corrected chi connectivity index (χ1v) is 12.4. The first kappa shape index (κ1) is 22.0. The Morgan fingerprint density at radius 3 is 2.68 bits per heavy atom. The molecule has 4 rings (SSSR count). The lowest BCUT2D eigenvalue weighted by Gasteiger charge is -2.30. The number of methoxy groups -OCH3 is 1. The number of halogens is 1. The molecule has 0 saturated carbocycles. The predicted molar refractivity (Wildman–Crippen MR) is 121 cm³/mol. The molecule has 0 N–H and O–H groups in total. The summed E-state index contributed by atoms with van der Waals surface area (Å²) in [5.41, 5.74) is 0.872. The Bertz CT molecular complexity index is 1300. The van der Waals surface area contributed by atoms with Crippen LogP contribution in [-0.4, -0.2) is 43.4 Å². The maximum Gasteiger partial charge on any atom is 0.252 e. The number of carbonyl (C=O) groups excluding carboxylic acids is 1. The van der Waals surface area contributed by atoms with E-state index in [2.05, 4.69) is 4.99 Å². The number of carbonyl (C=O) groups is 1. The lowest BCUT2D eigenvalue weighted by atomic mass is 9.99. The number of hydrogen-bond acceptors (Lipinski definition) is 5. The second-order valence-corrected chi connectivity index (χ2v) is 10.7. The number of hydrogen-bond donors (Lipinski definition) is 0. The number of sulfonamides is 1. The highest BCUT2D eigenvalue weighted by Gasteiger charge is 2.33. The van der Waals surface area contributed by atoms with Crippen LogP contribution in [0.5, 0.6) is 5.75 Å². The highest BCUT2D eigenvalue weighted by atomic mass is 35.5. The monoisotopic (exact) mass is 479 g/mol. The van der Waals surface area contributed by atoms with Gasteiger partial charge < -0.3 is 9.30 Å². The van der Waals surface area contributed by atoms with Crippen molar-refractivity contribution >= 4 is 49.1 Å². The van der Waals surface area contributed by atoms with Crippen LogP contribution in [0, 0.1) is 5.92 Å². The second kappa shape index (κ2) is 8.74. The number of aromatic nitrogens is 1. The topological polar surface area (TPSA) is 81.0 Å². The van der Waals surface area contributed by atoms with Crippen LogP contribution in [0.15, 0.2) is 52.4 Å². The average molecular weight is 480 g/mol. The van der Waals surface area contributed by atoms with Gasteiger partial charge in [0.2, 0.25) is 10.0 Å². The first-order valence-electron chi connectivity index (χ1n) is 9.78. The average Bonchev–Trinajstić information content (AvgIpc) is 3.09. The summed E-state index contributed by atoms with van der Waals surface area (Å²) in [4.78, 5) is 18.0. The zero-order chi connectivity index (χ0) is 22.2. The smallest absolute Gasteiger partial charge is 0.252 e. The number of piperidine rings is 1. The summed E-state index contributed by atoms with van der Waals surface area (Å²) in [6.45, 7) is 0.494. The Labute approximate surface area is 189 Å². The Balaban J connectivity index is 1.60.